The van der Waals surface area contributed by atoms with Crippen molar-refractivity contribution in [3.05, 3.63) is 28.5 Å². The second-order valence-corrected chi connectivity index (χ2v) is 13.9. The molecule has 9 nitrogen and oxygen atoms in total. The van der Waals surface area contributed by atoms with Crippen molar-refractivity contribution >= 4 is 63.8 Å². The van der Waals surface area contributed by atoms with Crippen LogP contribution in [0.3, 0.4) is 0 Å². The second-order valence-electron chi connectivity index (χ2n) is 9.96. The lowest BCUT2D eigenvalue weighted by Gasteiger charge is -2.47. The maximum Gasteiger partial charge on any atom is 0.308 e. The zero-order chi connectivity index (χ0) is 24.6. The number of aromatic amines is 1. The molecule has 0 saturated heterocycles. The number of carbonyl (C=O) groups is 1. The topological polar surface area (TPSA) is 127 Å². The summed E-state index contributed by atoms with van der Waals surface area (Å²) in [5, 5.41) is 19.3. The van der Waals surface area contributed by atoms with Crippen molar-refractivity contribution < 1.29 is 14.5 Å². The van der Waals surface area contributed by atoms with E-state index in [4.69, 9.17) is 28.2 Å². The number of nitrogens with one attached hydrogen (secondary N) is 1. The maximum absolute atomic E-state index is 13.4. The molecule has 4 heterocycles. The van der Waals surface area contributed by atoms with Crippen molar-refractivity contribution in [2.45, 2.75) is 31.7 Å². The third-order valence-corrected chi connectivity index (χ3v) is 9.34. The molecule has 35 heavy (non-hydrogen) atoms. The average Bonchev–Trinajstić information content (AvgIpc) is 3.38. The number of hydrogen-bond donors (Lipinski definition) is 2. The maximum atomic E-state index is 13.4. The van der Waals surface area contributed by atoms with Gasteiger partial charge in [0.2, 0.25) is 0 Å². The molecule has 4 aromatic heterocycles. The molecule has 2 atom stereocenters. The molecule has 0 radical (unpaired) electrons. The highest BCUT2D eigenvalue weighted by Gasteiger charge is 2.49. The Bertz CT molecular complexity index is 1550. The monoisotopic (exact) mass is 532 g/mol. The lowest BCUT2D eigenvalue weighted by molar-refractivity contribution is -0.151. The van der Waals surface area contributed by atoms with Gasteiger partial charge in [-0.15, -0.1) is 0 Å². The first-order chi connectivity index (χ1) is 16.6. The Balaban J connectivity index is 1.64. The molecule has 0 aromatic carbocycles. The van der Waals surface area contributed by atoms with Crippen LogP contribution in [0, 0.1) is 17.8 Å². The number of carboxylic acid groups (broad SMARTS) is 1. The lowest BCUT2D eigenvalue weighted by Crippen LogP contribution is -2.45. The van der Waals surface area contributed by atoms with Gasteiger partial charge in [-0.05, 0) is 56.9 Å². The van der Waals surface area contributed by atoms with E-state index >= 15 is 0 Å². The first-order valence-corrected chi connectivity index (χ1v) is 14.9. The molecule has 2 bridgehead atoms. The lowest BCUT2D eigenvalue weighted by atomic mass is 9.61. The number of aromatic nitrogens is 6. The van der Waals surface area contributed by atoms with Gasteiger partial charge in [0.1, 0.15) is 23.9 Å². The Labute approximate surface area is 210 Å². The molecular weight excluding hydrogens is 510 g/mol. The van der Waals surface area contributed by atoms with Crippen LogP contribution < -0.4 is 5.44 Å². The third-order valence-electron chi connectivity index (χ3n) is 7.50. The number of aliphatic carboxylic acids is 1. The molecular formula is C23H23Cl2N6O3P. The van der Waals surface area contributed by atoms with Crippen LogP contribution in [-0.4, -0.2) is 54.1 Å². The summed E-state index contributed by atoms with van der Waals surface area (Å²) in [5.74, 6) is -0.712. The Hall–Kier alpha value is -2.48. The highest BCUT2D eigenvalue weighted by Crippen LogP contribution is 2.53. The van der Waals surface area contributed by atoms with Crippen LogP contribution in [0.15, 0.2) is 18.5 Å². The summed E-state index contributed by atoms with van der Waals surface area (Å²) in [6, 6.07) is 1.44. The minimum absolute atomic E-state index is 0.118. The fraction of sp³-hybridized carbons (Fsp3) is 0.435. The smallest absolute Gasteiger partial charge is 0.308 e. The van der Waals surface area contributed by atoms with E-state index in [-0.39, 0.29) is 23.7 Å². The van der Waals surface area contributed by atoms with E-state index in [0.29, 0.717) is 43.2 Å². The standard InChI is InChI=1S/C23H23Cl2N6O3P/c1-35(2,34)22-16-14(25)9-31(18-11-5-3-10(4-6-11)15(18)23(32)33)21(16)27-20(28-22)17-13-7-12(24)8-26-19(13)30-29-17/h7-11,15,18H,3-6H2,1-2H3,(H,32,33)(H,26,29,30)/t10?,11?,15-,18-/m0/s1. The highest BCUT2D eigenvalue weighted by atomic mass is 35.5. The van der Waals surface area contributed by atoms with Crippen molar-refractivity contribution in [3.63, 3.8) is 0 Å². The van der Waals surface area contributed by atoms with Gasteiger partial charge >= 0.3 is 5.97 Å². The molecule has 3 aliphatic rings. The van der Waals surface area contributed by atoms with Crippen molar-refractivity contribution in [3.8, 4) is 11.5 Å². The third kappa shape index (κ3) is 3.59. The van der Waals surface area contributed by atoms with E-state index in [2.05, 4.69) is 20.2 Å². The summed E-state index contributed by atoms with van der Waals surface area (Å²) >= 11 is 12.9. The molecule has 4 aromatic rings. The number of carboxylic acids is 1. The molecule has 0 unspecified atom stereocenters. The van der Waals surface area contributed by atoms with Crippen LogP contribution >= 0.6 is 30.3 Å². The number of rotatable bonds is 4. The number of hydrogen-bond acceptors (Lipinski definition) is 6. The van der Waals surface area contributed by atoms with Crippen molar-refractivity contribution in [2.75, 3.05) is 13.3 Å². The summed E-state index contributed by atoms with van der Waals surface area (Å²) in [6.45, 7) is 3.27. The van der Waals surface area contributed by atoms with Gasteiger partial charge in [-0.3, -0.25) is 9.89 Å². The predicted molar refractivity (Wildman–Crippen MR) is 135 cm³/mol. The Morgan fingerprint density at radius 2 is 1.89 bits per heavy atom. The Morgan fingerprint density at radius 1 is 1.17 bits per heavy atom. The van der Waals surface area contributed by atoms with Gasteiger partial charge < -0.3 is 14.2 Å². The van der Waals surface area contributed by atoms with E-state index in [0.717, 1.165) is 25.7 Å². The van der Waals surface area contributed by atoms with E-state index in [9.17, 15) is 14.5 Å². The molecule has 0 spiro atoms. The molecule has 3 saturated carbocycles. The normalized spacial score (nSPS) is 24.5. The zero-order valence-corrected chi connectivity index (χ0v) is 21.5. The quantitative estimate of drug-likeness (QED) is 0.354. The van der Waals surface area contributed by atoms with Crippen molar-refractivity contribution in [2.24, 2.45) is 17.8 Å². The number of halogens is 2. The molecule has 0 aliphatic heterocycles. The van der Waals surface area contributed by atoms with Gasteiger partial charge in [0.15, 0.2) is 11.5 Å². The first-order valence-electron chi connectivity index (χ1n) is 11.5. The van der Waals surface area contributed by atoms with Gasteiger partial charge in [0.05, 0.1) is 32.8 Å². The van der Waals surface area contributed by atoms with E-state index in [1.54, 1.807) is 25.6 Å². The summed E-state index contributed by atoms with van der Waals surface area (Å²) in [7, 11) is -2.90. The Morgan fingerprint density at radius 3 is 2.57 bits per heavy atom. The minimum Gasteiger partial charge on any atom is -0.481 e. The fourth-order valence-corrected chi connectivity index (χ4v) is 7.62. The number of nitrogens with zero attached hydrogens (tertiary/aromatic N) is 5. The van der Waals surface area contributed by atoms with E-state index in [1.807, 2.05) is 4.57 Å². The van der Waals surface area contributed by atoms with Crippen molar-refractivity contribution in [1.29, 1.82) is 0 Å². The van der Waals surface area contributed by atoms with Crippen molar-refractivity contribution in [1.82, 2.24) is 29.7 Å². The van der Waals surface area contributed by atoms with Gasteiger partial charge in [0.25, 0.3) is 0 Å². The van der Waals surface area contributed by atoms with Gasteiger partial charge in [-0.25, -0.2) is 15.0 Å². The van der Waals surface area contributed by atoms with Gasteiger partial charge in [-0.1, -0.05) is 23.2 Å². The highest BCUT2D eigenvalue weighted by molar-refractivity contribution is 7.70. The number of H-pyrrole nitrogens is 1. The van der Waals surface area contributed by atoms with Crippen LogP contribution in [0.25, 0.3) is 33.6 Å². The largest absolute Gasteiger partial charge is 0.481 e. The zero-order valence-electron chi connectivity index (χ0n) is 19.1. The molecule has 182 valence electrons. The van der Waals surface area contributed by atoms with Crippen LogP contribution in [0.2, 0.25) is 10.0 Å². The molecule has 3 aliphatic carbocycles. The van der Waals surface area contributed by atoms with Gasteiger partial charge in [0, 0.05) is 12.4 Å². The predicted octanol–water partition coefficient (Wildman–Crippen LogP) is 4.99. The molecule has 7 rings (SSSR count). The summed E-state index contributed by atoms with van der Waals surface area (Å²) in [4.78, 5) is 26.1. The van der Waals surface area contributed by atoms with Crippen LogP contribution in [0.4, 0.5) is 0 Å². The fourth-order valence-electron chi connectivity index (χ4n) is 6.02. The summed E-state index contributed by atoms with van der Waals surface area (Å²) in [5.41, 5.74) is 1.79. The Kier molecular flexibility index (Phi) is 5.26. The van der Waals surface area contributed by atoms with Crippen LogP contribution in [0.1, 0.15) is 31.7 Å². The molecule has 0 amide bonds. The average molecular weight is 533 g/mol. The second kappa shape index (κ2) is 8.02. The van der Waals surface area contributed by atoms with E-state index in [1.165, 1.54) is 6.20 Å². The van der Waals surface area contributed by atoms with Gasteiger partial charge in [-0.2, -0.15) is 5.10 Å². The number of fused-ring (bicyclic) bond motifs is 5. The molecule has 2 N–H and O–H groups in total. The van der Waals surface area contributed by atoms with Crippen LogP contribution in [-0.2, 0) is 9.36 Å². The molecule has 12 heteroatoms. The number of pyridine rings is 1. The summed E-state index contributed by atoms with van der Waals surface area (Å²) in [6.07, 6.45) is 7.03. The summed E-state index contributed by atoms with van der Waals surface area (Å²) < 4.78 is 15.3. The first kappa shape index (κ1) is 23.0. The van der Waals surface area contributed by atoms with E-state index < -0.39 is 19.0 Å². The SMILES string of the molecule is CP(C)(=O)c1nc(-c2[nH]nc3ncc(Cl)cc23)nc2c1c(Cl)cn2[C@H]1C2CCC(CC2)[C@@H]1C(=O)O. The van der Waals surface area contributed by atoms with Crippen LogP contribution in [0.5, 0.6) is 0 Å². The minimum atomic E-state index is -2.90. The molecule has 3 fully saturated rings.